The summed E-state index contributed by atoms with van der Waals surface area (Å²) in [6.45, 7) is 4.15. The van der Waals surface area contributed by atoms with Gasteiger partial charge in [-0.3, -0.25) is 14.4 Å². The summed E-state index contributed by atoms with van der Waals surface area (Å²) in [5, 5.41) is 5.32. The Bertz CT molecular complexity index is 1090. The molecule has 0 spiro atoms. The summed E-state index contributed by atoms with van der Waals surface area (Å²) in [7, 11) is 0. The zero-order valence-corrected chi connectivity index (χ0v) is 16.5. The number of nitrogens with zero attached hydrogens (tertiary/aromatic N) is 3. The maximum absolute atomic E-state index is 13.5. The van der Waals surface area contributed by atoms with Crippen LogP contribution in [-0.2, 0) is 11.3 Å². The standard InChI is InChI=1S/C22H24N4O3/c1-15(2)26-21(28)18-11-7-6-10-17(18)20(24-26)22(29)25(13-12-19(23)27)14-16-8-4-3-5-9-16/h3-11,15H,12-14H2,1-2H3,(H2,23,27). The van der Waals surface area contributed by atoms with Crippen LogP contribution in [0.4, 0.5) is 0 Å². The highest BCUT2D eigenvalue weighted by molar-refractivity contribution is 6.04. The predicted octanol–water partition coefficient (Wildman–Crippen LogP) is 2.50. The average molecular weight is 392 g/mol. The lowest BCUT2D eigenvalue weighted by molar-refractivity contribution is -0.118. The van der Waals surface area contributed by atoms with Gasteiger partial charge in [-0.05, 0) is 25.5 Å². The van der Waals surface area contributed by atoms with E-state index in [0.29, 0.717) is 17.3 Å². The van der Waals surface area contributed by atoms with Gasteiger partial charge in [0.2, 0.25) is 5.91 Å². The number of hydrogen-bond acceptors (Lipinski definition) is 4. The first-order valence-corrected chi connectivity index (χ1v) is 9.51. The number of aromatic nitrogens is 2. The average Bonchev–Trinajstić information content (AvgIpc) is 2.71. The van der Waals surface area contributed by atoms with E-state index >= 15 is 0 Å². The van der Waals surface area contributed by atoms with E-state index in [0.717, 1.165) is 5.56 Å². The molecule has 0 bridgehead atoms. The fraction of sp³-hybridized carbons (Fsp3) is 0.273. The van der Waals surface area contributed by atoms with Crippen LogP contribution >= 0.6 is 0 Å². The molecule has 2 amide bonds. The van der Waals surface area contributed by atoms with Crippen molar-refractivity contribution < 1.29 is 9.59 Å². The normalized spacial score (nSPS) is 11.0. The summed E-state index contributed by atoms with van der Waals surface area (Å²) < 4.78 is 1.32. The third-order valence-corrected chi connectivity index (χ3v) is 4.65. The van der Waals surface area contributed by atoms with Crippen LogP contribution in [0.2, 0.25) is 0 Å². The van der Waals surface area contributed by atoms with E-state index in [9.17, 15) is 14.4 Å². The van der Waals surface area contributed by atoms with Crippen molar-refractivity contribution in [3.8, 4) is 0 Å². The van der Waals surface area contributed by atoms with Crippen molar-refractivity contribution in [2.45, 2.75) is 32.9 Å². The first kappa shape index (κ1) is 20.3. The Kier molecular flexibility index (Phi) is 6.07. The van der Waals surface area contributed by atoms with Crippen molar-refractivity contribution in [3.63, 3.8) is 0 Å². The molecule has 3 rings (SSSR count). The van der Waals surface area contributed by atoms with E-state index in [1.54, 1.807) is 29.2 Å². The van der Waals surface area contributed by atoms with Gasteiger partial charge in [0.25, 0.3) is 11.5 Å². The van der Waals surface area contributed by atoms with E-state index in [1.165, 1.54) is 4.68 Å². The second kappa shape index (κ2) is 8.68. The molecule has 0 saturated heterocycles. The molecule has 2 N–H and O–H groups in total. The van der Waals surface area contributed by atoms with Crippen LogP contribution in [0.1, 0.15) is 42.4 Å². The van der Waals surface area contributed by atoms with Gasteiger partial charge >= 0.3 is 0 Å². The van der Waals surface area contributed by atoms with Gasteiger partial charge in [0.15, 0.2) is 5.69 Å². The molecular formula is C22H24N4O3. The van der Waals surface area contributed by atoms with Crippen LogP contribution in [0.25, 0.3) is 10.8 Å². The quantitative estimate of drug-likeness (QED) is 0.668. The SMILES string of the molecule is CC(C)n1nc(C(=O)N(CCC(N)=O)Cc2ccccc2)c2ccccc2c1=O. The molecule has 0 atom stereocenters. The molecule has 0 aliphatic rings. The largest absolute Gasteiger partial charge is 0.370 e. The second-order valence-electron chi connectivity index (χ2n) is 7.17. The molecule has 7 nitrogen and oxygen atoms in total. The molecule has 1 aromatic heterocycles. The molecule has 0 fully saturated rings. The summed E-state index contributed by atoms with van der Waals surface area (Å²) in [5.41, 5.74) is 6.18. The zero-order chi connectivity index (χ0) is 21.0. The molecule has 0 unspecified atom stereocenters. The third kappa shape index (κ3) is 4.51. The maximum atomic E-state index is 13.5. The smallest absolute Gasteiger partial charge is 0.275 e. The Hall–Kier alpha value is -3.48. The molecule has 150 valence electrons. The molecule has 0 aliphatic heterocycles. The number of amides is 2. The lowest BCUT2D eigenvalue weighted by Crippen LogP contribution is -2.36. The van der Waals surface area contributed by atoms with Gasteiger partial charge < -0.3 is 10.6 Å². The molecule has 0 radical (unpaired) electrons. The fourth-order valence-electron chi connectivity index (χ4n) is 3.17. The van der Waals surface area contributed by atoms with Gasteiger partial charge in [-0.2, -0.15) is 5.10 Å². The molecule has 29 heavy (non-hydrogen) atoms. The number of primary amides is 1. The van der Waals surface area contributed by atoms with Crippen LogP contribution in [0.15, 0.2) is 59.4 Å². The van der Waals surface area contributed by atoms with Crippen LogP contribution in [-0.4, -0.2) is 33.0 Å². The number of benzene rings is 2. The molecule has 0 saturated carbocycles. The molecule has 7 heteroatoms. The second-order valence-corrected chi connectivity index (χ2v) is 7.17. The van der Waals surface area contributed by atoms with Gasteiger partial charge in [0, 0.05) is 24.9 Å². The maximum Gasteiger partial charge on any atom is 0.275 e. The molecule has 1 heterocycles. The third-order valence-electron chi connectivity index (χ3n) is 4.65. The van der Waals surface area contributed by atoms with Gasteiger partial charge in [-0.25, -0.2) is 4.68 Å². The topological polar surface area (TPSA) is 98.3 Å². The Morgan fingerprint density at radius 3 is 2.28 bits per heavy atom. The van der Waals surface area contributed by atoms with E-state index in [-0.39, 0.29) is 36.2 Å². The van der Waals surface area contributed by atoms with E-state index < -0.39 is 5.91 Å². The summed E-state index contributed by atoms with van der Waals surface area (Å²) in [6, 6.07) is 16.2. The summed E-state index contributed by atoms with van der Waals surface area (Å²) >= 11 is 0. The van der Waals surface area contributed by atoms with Crippen LogP contribution in [0.3, 0.4) is 0 Å². The minimum atomic E-state index is -0.485. The number of hydrogen-bond donors (Lipinski definition) is 1. The zero-order valence-electron chi connectivity index (χ0n) is 16.5. The highest BCUT2D eigenvalue weighted by Crippen LogP contribution is 2.18. The Labute approximate surface area is 168 Å². The van der Waals surface area contributed by atoms with Crippen LogP contribution in [0, 0.1) is 0 Å². The van der Waals surface area contributed by atoms with E-state index in [1.807, 2.05) is 44.2 Å². The number of fused-ring (bicyclic) bond motifs is 1. The highest BCUT2D eigenvalue weighted by atomic mass is 16.2. The summed E-state index contributed by atoms with van der Waals surface area (Å²) in [4.78, 5) is 39.1. The Morgan fingerprint density at radius 2 is 1.66 bits per heavy atom. The lowest BCUT2D eigenvalue weighted by atomic mass is 10.1. The fourth-order valence-corrected chi connectivity index (χ4v) is 3.17. The Balaban J connectivity index is 2.09. The number of rotatable bonds is 7. The van der Waals surface area contributed by atoms with E-state index in [4.69, 9.17) is 5.73 Å². The first-order valence-electron chi connectivity index (χ1n) is 9.51. The van der Waals surface area contributed by atoms with Gasteiger partial charge in [0.05, 0.1) is 11.4 Å². The number of carbonyl (C=O) groups is 2. The van der Waals surface area contributed by atoms with Crippen molar-refractivity contribution in [2.75, 3.05) is 6.54 Å². The van der Waals surface area contributed by atoms with E-state index in [2.05, 4.69) is 5.10 Å². The minimum absolute atomic E-state index is 0.0420. The van der Waals surface area contributed by atoms with Crippen molar-refractivity contribution in [2.24, 2.45) is 5.73 Å². The van der Waals surface area contributed by atoms with Crippen molar-refractivity contribution in [3.05, 3.63) is 76.2 Å². The van der Waals surface area contributed by atoms with Crippen LogP contribution < -0.4 is 11.3 Å². The Morgan fingerprint density at radius 1 is 1.03 bits per heavy atom. The van der Waals surface area contributed by atoms with Crippen molar-refractivity contribution in [1.29, 1.82) is 0 Å². The van der Waals surface area contributed by atoms with Crippen molar-refractivity contribution >= 4 is 22.6 Å². The monoisotopic (exact) mass is 392 g/mol. The van der Waals surface area contributed by atoms with Crippen LogP contribution in [0.5, 0.6) is 0 Å². The molecule has 2 aromatic carbocycles. The highest BCUT2D eigenvalue weighted by Gasteiger charge is 2.23. The molecule has 3 aromatic rings. The summed E-state index contributed by atoms with van der Waals surface area (Å²) in [5.74, 6) is -0.832. The molecule has 0 aliphatic carbocycles. The van der Waals surface area contributed by atoms with Crippen molar-refractivity contribution in [1.82, 2.24) is 14.7 Å². The number of nitrogens with two attached hydrogens (primary N) is 1. The predicted molar refractivity (Wildman–Crippen MR) is 111 cm³/mol. The van der Waals surface area contributed by atoms with Gasteiger partial charge in [0.1, 0.15) is 0 Å². The first-order chi connectivity index (χ1) is 13.9. The molecular weight excluding hydrogens is 368 g/mol. The van der Waals surface area contributed by atoms with Gasteiger partial charge in [-0.1, -0.05) is 48.5 Å². The van der Waals surface area contributed by atoms with Gasteiger partial charge in [-0.15, -0.1) is 0 Å². The minimum Gasteiger partial charge on any atom is -0.370 e. The lowest BCUT2D eigenvalue weighted by Gasteiger charge is -2.23. The number of carbonyl (C=O) groups excluding carboxylic acids is 2. The summed E-state index contributed by atoms with van der Waals surface area (Å²) in [6.07, 6.45) is 0.0420.